The molecule has 17 heavy (non-hydrogen) atoms. The number of aromatic nitrogens is 2. The van der Waals surface area contributed by atoms with Gasteiger partial charge < -0.3 is 5.73 Å². The molecule has 3 nitrogen and oxygen atoms in total. The second kappa shape index (κ2) is 3.55. The Kier molecular flexibility index (Phi) is 2.15. The molecule has 1 aromatic carbocycles. The molecule has 0 atom stereocenters. The lowest BCUT2D eigenvalue weighted by molar-refractivity contribution is 0.874. The molecule has 0 aliphatic heterocycles. The van der Waals surface area contributed by atoms with Crippen LogP contribution in [0, 0.1) is 13.8 Å². The van der Waals surface area contributed by atoms with Gasteiger partial charge in [-0.15, -0.1) is 0 Å². The predicted octanol–water partition coefficient (Wildman–Crippen LogP) is 2.44. The van der Waals surface area contributed by atoms with Crippen LogP contribution in [0.4, 0.5) is 5.82 Å². The molecule has 0 spiro atoms. The third-order valence-electron chi connectivity index (χ3n) is 3.33. The molecule has 86 valence electrons. The Balaban J connectivity index is 2.25. The molecule has 0 saturated carbocycles. The van der Waals surface area contributed by atoms with Crippen molar-refractivity contribution in [1.29, 1.82) is 0 Å². The van der Waals surface area contributed by atoms with E-state index in [2.05, 4.69) is 35.1 Å². The van der Waals surface area contributed by atoms with Crippen LogP contribution in [0.1, 0.15) is 22.5 Å². The highest BCUT2D eigenvalue weighted by atomic mass is 14.9. The average Bonchev–Trinajstić information content (AvgIpc) is 2.30. The third-order valence-corrected chi connectivity index (χ3v) is 3.33. The van der Waals surface area contributed by atoms with Crippen molar-refractivity contribution in [2.24, 2.45) is 0 Å². The van der Waals surface area contributed by atoms with E-state index in [9.17, 15) is 0 Å². The van der Waals surface area contributed by atoms with E-state index in [-0.39, 0.29) is 0 Å². The van der Waals surface area contributed by atoms with Gasteiger partial charge in [-0.25, -0.2) is 9.97 Å². The second-order valence-corrected chi connectivity index (χ2v) is 4.65. The van der Waals surface area contributed by atoms with Gasteiger partial charge >= 0.3 is 0 Å². The van der Waals surface area contributed by atoms with Crippen LogP contribution >= 0.6 is 0 Å². The first-order valence-corrected chi connectivity index (χ1v) is 5.88. The summed E-state index contributed by atoms with van der Waals surface area (Å²) >= 11 is 0. The van der Waals surface area contributed by atoms with Gasteiger partial charge in [-0.3, -0.25) is 0 Å². The van der Waals surface area contributed by atoms with Crippen LogP contribution in [0.3, 0.4) is 0 Å². The van der Waals surface area contributed by atoms with Gasteiger partial charge in [0.2, 0.25) is 0 Å². The number of nitrogens with zero attached hydrogens (tertiary/aromatic N) is 2. The molecular formula is C14H15N3. The van der Waals surface area contributed by atoms with E-state index < -0.39 is 0 Å². The van der Waals surface area contributed by atoms with Crippen molar-refractivity contribution in [1.82, 2.24) is 9.97 Å². The van der Waals surface area contributed by atoms with Gasteiger partial charge in [0.15, 0.2) is 0 Å². The van der Waals surface area contributed by atoms with E-state index in [0.717, 1.165) is 29.9 Å². The van der Waals surface area contributed by atoms with Crippen LogP contribution in [0.5, 0.6) is 0 Å². The Labute approximate surface area is 101 Å². The van der Waals surface area contributed by atoms with Gasteiger partial charge in [-0.05, 0) is 32.3 Å². The molecule has 0 radical (unpaired) electrons. The molecule has 1 aliphatic carbocycles. The van der Waals surface area contributed by atoms with E-state index >= 15 is 0 Å². The van der Waals surface area contributed by atoms with Crippen LogP contribution in [0.15, 0.2) is 18.2 Å². The average molecular weight is 225 g/mol. The highest BCUT2D eigenvalue weighted by Crippen LogP contribution is 2.32. The first kappa shape index (κ1) is 10.3. The maximum atomic E-state index is 5.81. The van der Waals surface area contributed by atoms with Crippen LogP contribution in [-0.2, 0) is 12.8 Å². The quantitative estimate of drug-likeness (QED) is 0.749. The number of nitrogens with two attached hydrogens (primary N) is 1. The molecule has 2 N–H and O–H groups in total. The summed E-state index contributed by atoms with van der Waals surface area (Å²) in [5.41, 5.74) is 12.6. The van der Waals surface area contributed by atoms with Crippen molar-refractivity contribution in [3.63, 3.8) is 0 Å². The van der Waals surface area contributed by atoms with Crippen molar-refractivity contribution in [2.75, 3.05) is 5.73 Å². The lowest BCUT2D eigenvalue weighted by atomic mass is 9.90. The molecule has 3 rings (SSSR count). The van der Waals surface area contributed by atoms with Gasteiger partial charge in [0, 0.05) is 5.56 Å². The maximum absolute atomic E-state index is 5.81. The summed E-state index contributed by atoms with van der Waals surface area (Å²) in [6.07, 6.45) is 1.96. The van der Waals surface area contributed by atoms with Gasteiger partial charge in [0.05, 0.1) is 17.1 Å². The van der Waals surface area contributed by atoms with Gasteiger partial charge in [-0.1, -0.05) is 23.8 Å². The van der Waals surface area contributed by atoms with Crippen LogP contribution in [-0.4, -0.2) is 9.97 Å². The first-order chi connectivity index (χ1) is 8.15. The molecule has 2 aromatic rings. The monoisotopic (exact) mass is 225 g/mol. The Morgan fingerprint density at radius 3 is 2.76 bits per heavy atom. The molecule has 0 amide bonds. The van der Waals surface area contributed by atoms with E-state index in [4.69, 9.17) is 5.73 Å². The van der Waals surface area contributed by atoms with Crippen LogP contribution < -0.4 is 5.73 Å². The number of aryl methyl sites for hydroxylation is 4. The zero-order valence-corrected chi connectivity index (χ0v) is 10.1. The van der Waals surface area contributed by atoms with E-state index in [1.54, 1.807) is 0 Å². The highest BCUT2D eigenvalue weighted by Gasteiger charge is 2.19. The van der Waals surface area contributed by atoms with E-state index in [1.165, 1.54) is 16.7 Å². The molecule has 3 heteroatoms. The molecule has 1 heterocycles. The van der Waals surface area contributed by atoms with E-state index in [1.807, 2.05) is 6.92 Å². The fourth-order valence-electron chi connectivity index (χ4n) is 2.37. The normalized spacial score (nSPS) is 13.1. The SMILES string of the molecule is Cc1ccc2c(c1)CCc1nc(N)c(C)nc1-2. The van der Waals surface area contributed by atoms with Gasteiger partial charge in [-0.2, -0.15) is 0 Å². The molecule has 0 fully saturated rings. The Morgan fingerprint density at radius 1 is 1.12 bits per heavy atom. The summed E-state index contributed by atoms with van der Waals surface area (Å²) in [4.78, 5) is 9.05. The smallest absolute Gasteiger partial charge is 0.145 e. The summed E-state index contributed by atoms with van der Waals surface area (Å²) in [5, 5.41) is 0. The Morgan fingerprint density at radius 2 is 1.94 bits per heavy atom. The van der Waals surface area contributed by atoms with Crippen LogP contribution in [0.25, 0.3) is 11.3 Å². The molecular weight excluding hydrogens is 210 g/mol. The predicted molar refractivity (Wildman–Crippen MR) is 68.8 cm³/mol. The zero-order chi connectivity index (χ0) is 12.0. The molecule has 1 aliphatic rings. The van der Waals surface area contributed by atoms with Crippen molar-refractivity contribution in [2.45, 2.75) is 26.7 Å². The number of nitrogen functional groups attached to an aromatic ring is 1. The summed E-state index contributed by atoms with van der Waals surface area (Å²) < 4.78 is 0. The third kappa shape index (κ3) is 1.58. The van der Waals surface area contributed by atoms with Crippen molar-refractivity contribution in [3.8, 4) is 11.3 Å². The Hall–Kier alpha value is -1.90. The van der Waals surface area contributed by atoms with Crippen molar-refractivity contribution in [3.05, 3.63) is 40.7 Å². The molecule has 0 unspecified atom stereocenters. The first-order valence-electron chi connectivity index (χ1n) is 5.88. The minimum atomic E-state index is 0.555. The largest absolute Gasteiger partial charge is 0.382 e. The number of fused-ring (bicyclic) bond motifs is 3. The van der Waals surface area contributed by atoms with Crippen LogP contribution in [0.2, 0.25) is 0 Å². The lowest BCUT2D eigenvalue weighted by Crippen LogP contribution is -2.11. The summed E-state index contributed by atoms with van der Waals surface area (Å²) in [6.45, 7) is 4.03. The van der Waals surface area contributed by atoms with Crippen molar-refractivity contribution < 1.29 is 0 Å². The minimum absolute atomic E-state index is 0.555. The number of hydrogen-bond acceptors (Lipinski definition) is 3. The highest BCUT2D eigenvalue weighted by molar-refractivity contribution is 5.69. The zero-order valence-electron chi connectivity index (χ0n) is 10.1. The minimum Gasteiger partial charge on any atom is -0.382 e. The fourth-order valence-corrected chi connectivity index (χ4v) is 2.37. The molecule has 1 aromatic heterocycles. The topological polar surface area (TPSA) is 51.8 Å². The van der Waals surface area contributed by atoms with Gasteiger partial charge in [0.1, 0.15) is 5.82 Å². The van der Waals surface area contributed by atoms with Gasteiger partial charge in [0.25, 0.3) is 0 Å². The molecule has 0 bridgehead atoms. The standard InChI is InChI=1S/C14H15N3/c1-8-3-5-11-10(7-8)4-6-12-13(11)16-9(2)14(15)17-12/h3,5,7H,4,6H2,1-2H3,(H2,15,17). The summed E-state index contributed by atoms with van der Waals surface area (Å²) in [5.74, 6) is 0.555. The lowest BCUT2D eigenvalue weighted by Gasteiger charge is -2.19. The second-order valence-electron chi connectivity index (χ2n) is 4.65. The maximum Gasteiger partial charge on any atom is 0.145 e. The van der Waals surface area contributed by atoms with E-state index in [0.29, 0.717) is 5.82 Å². The molecule has 0 saturated heterocycles. The number of anilines is 1. The fraction of sp³-hybridized carbons (Fsp3) is 0.286. The van der Waals surface area contributed by atoms with Crippen molar-refractivity contribution >= 4 is 5.82 Å². The summed E-state index contributed by atoms with van der Waals surface area (Å²) in [6, 6.07) is 6.51. The summed E-state index contributed by atoms with van der Waals surface area (Å²) in [7, 11) is 0. The Bertz CT molecular complexity index is 603. The number of rotatable bonds is 0. The number of hydrogen-bond donors (Lipinski definition) is 1. The number of benzene rings is 1.